The molecule has 0 saturated heterocycles. The molecule has 56 valence electrons. The summed E-state index contributed by atoms with van der Waals surface area (Å²) in [5, 5.41) is 0. The summed E-state index contributed by atoms with van der Waals surface area (Å²) in [5.41, 5.74) is 8.02. The van der Waals surface area contributed by atoms with Gasteiger partial charge < -0.3 is 5.73 Å². The van der Waals surface area contributed by atoms with E-state index < -0.39 is 0 Å². The van der Waals surface area contributed by atoms with Gasteiger partial charge in [-0.1, -0.05) is 13.5 Å². The molecule has 1 nitrogen and oxygen atoms in total. The van der Waals surface area contributed by atoms with Crippen molar-refractivity contribution in [3.8, 4) is 0 Å². The van der Waals surface area contributed by atoms with Crippen molar-refractivity contribution in [3.05, 3.63) is 22.8 Å². The third kappa shape index (κ3) is 1.37. The second-order valence-corrected chi connectivity index (χ2v) is 3.67. The number of allylic oxidation sites excluding steroid dienone is 2. The SMILES string of the molecule is C=C1CCC(N)=C1SCC. The zero-order valence-electron chi connectivity index (χ0n) is 6.31. The van der Waals surface area contributed by atoms with Crippen LogP contribution in [0.4, 0.5) is 0 Å². The van der Waals surface area contributed by atoms with Crippen LogP contribution >= 0.6 is 11.8 Å². The molecule has 0 spiro atoms. The quantitative estimate of drug-likeness (QED) is 0.662. The number of hydrogen-bond donors (Lipinski definition) is 1. The average Bonchev–Trinajstić information content (AvgIpc) is 2.20. The Morgan fingerprint density at radius 1 is 1.60 bits per heavy atom. The molecule has 0 amide bonds. The summed E-state index contributed by atoms with van der Waals surface area (Å²) in [7, 11) is 0. The van der Waals surface area contributed by atoms with Crippen molar-refractivity contribution in [3.63, 3.8) is 0 Å². The van der Waals surface area contributed by atoms with E-state index in [0.717, 1.165) is 24.3 Å². The van der Waals surface area contributed by atoms with Crippen molar-refractivity contribution in [1.29, 1.82) is 0 Å². The minimum absolute atomic E-state index is 1.02. The molecule has 0 aliphatic heterocycles. The normalized spacial score (nSPS) is 18.7. The Bertz CT molecular complexity index is 182. The Morgan fingerprint density at radius 2 is 2.30 bits per heavy atom. The summed E-state index contributed by atoms with van der Waals surface area (Å²) < 4.78 is 0. The van der Waals surface area contributed by atoms with Crippen molar-refractivity contribution in [2.75, 3.05) is 5.75 Å². The smallest absolute Gasteiger partial charge is 0.0286 e. The predicted molar refractivity (Wildman–Crippen MR) is 47.7 cm³/mol. The van der Waals surface area contributed by atoms with E-state index in [0.29, 0.717) is 0 Å². The maximum absolute atomic E-state index is 5.75. The van der Waals surface area contributed by atoms with Crippen molar-refractivity contribution in [1.82, 2.24) is 0 Å². The minimum atomic E-state index is 1.02. The molecular formula is C8H13NS. The molecule has 0 atom stereocenters. The molecule has 0 aromatic carbocycles. The van der Waals surface area contributed by atoms with Crippen molar-refractivity contribution >= 4 is 11.8 Å². The second kappa shape index (κ2) is 3.15. The predicted octanol–water partition coefficient (Wildman–Crippen LogP) is 2.26. The van der Waals surface area contributed by atoms with Crippen LogP contribution in [0.15, 0.2) is 22.8 Å². The topological polar surface area (TPSA) is 26.0 Å². The lowest BCUT2D eigenvalue weighted by Crippen LogP contribution is -1.93. The van der Waals surface area contributed by atoms with Crippen LogP contribution in [-0.4, -0.2) is 5.75 Å². The van der Waals surface area contributed by atoms with Crippen LogP contribution < -0.4 is 5.73 Å². The first-order valence-electron chi connectivity index (χ1n) is 3.55. The van der Waals surface area contributed by atoms with Gasteiger partial charge in [-0.2, -0.15) is 0 Å². The van der Waals surface area contributed by atoms with Crippen LogP contribution in [0.5, 0.6) is 0 Å². The van der Waals surface area contributed by atoms with Crippen molar-refractivity contribution < 1.29 is 0 Å². The highest BCUT2D eigenvalue weighted by atomic mass is 32.2. The summed E-state index contributed by atoms with van der Waals surface area (Å²) in [6.45, 7) is 6.08. The molecule has 0 fully saturated rings. The molecule has 0 bridgehead atoms. The van der Waals surface area contributed by atoms with E-state index in [2.05, 4.69) is 13.5 Å². The molecule has 2 N–H and O–H groups in total. The van der Waals surface area contributed by atoms with Gasteiger partial charge in [0.25, 0.3) is 0 Å². The molecule has 1 aliphatic rings. The Morgan fingerprint density at radius 3 is 2.70 bits per heavy atom. The first kappa shape index (κ1) is 7.73. The van der Waals surface area contributed by atoms with E-state index in [9.17, 15) is 0 Å². The van der Waals surface area contributed by atoms with Gasteiger partial charge >= 0.3 is 0 Å². The molecule has 1 aliphatic carbocycles. The van der Waals surface area contributed by atoms with Gasteiger partial charge in [-0.15, -0.1) is 11.8 Å². The highest BCUT2D eigenvalue weighted by molar-refractivity contribution is 8.03. The van der Waals surface area contributed by atoms with Crippen LogP contribution in [0.25, 0.3) is 0 Å². The number of hydrogen-bond acceptors (Lipinski definition) is 2. The van der Waals surface area contributed by atoms with E-state index in [4.69, 9.17) is 5.73 Å². The zero-order valence-corrected chi connectivity index (χ0v) is 7.13. The first-order chi connectivity index (χ1) is 4.75. The highest BCUT2D eigenvalue weighted by Gasteiger charge is 2.14. The van der Waals surface area contributed by atoms with Gasteiger partial charge in [-0.3, -0.25) is 0 Å². The Balaban J connectivity index is 2.68. The third-order valence-corrected chi connectivity index (χ3v) is 2.73. The zero-order chi connectivity index (χ0) is 7.56. The lowest BCUT2D eigenvalue weighted by atomic mass is 10.3. The molecule has 0 aromatic rings. The molecule has 1 rings (SSSR count). The van der Waals surface area contributed by atoms with E-state index in [1.54, 1.807) is 0 Å². The van der Waals surface area contributed by atoms with E-state index in [-0.39, 0.29) is 0 Å². The van der Waals surface area contributed by atoms with Gasteiger partial charge in [0.2, 0.25) is 0 Å². The summed E-state index contributed by atoms with van der Waals surface area (Å²) in [4.78, 5) is 1.25. The van der Waals surface area contributed by atoms with Crippen LogP contribution in [-0.2, 0) is 0 Å². The molecule has 0 heterocycles. The van der Waals surface area contributed by atoms with Gasteiger partial charge in [0.05, 0.1) is 0 Å². The molecule has 2 heteroatoms. The summed E-state index contributed by atoms with van der Waals surface area (Å²) in [6.07, 6.45) is 2.08. The first-order valence-corrected chi connectivity index (χ1v) is 4.53. The molecule has 0 radical (unpaired) electrons. The van der Waals surface area contributed by atoms with E-state index in [1.807, 2.05) is 11.8 Å². The largest absolute Gasteiger partial charge is 0.401 e. The Hall–Kier alpha value is -0.370. The third-order valence-electron chi connectivity index (χ3n) is 1.60. The van der Waals surface area contributed by atoms with E-state index >= 15 is 0 Å². The van der Waals surface area contributed by atoms with E-state index in [1.165, 1.54) is 10.5 Å². The number of thioether (sulfide) groups is 1. The maximum atomic E-state index is 5.75. The van der Waals surface area contributed by atoms with Crippen LogP contribution in [0.1, 0.15) is 19.8 Å². The minimum Gasteiger partial charge on any atom is -0.401 e. The van der Waals surface area contributed by atoms with Crippen LogP contribution in [0, 0.1) is 0 Å². The van der Waals surface area contributed by atoms with Crippen LogP contribution in [0.3, 0.4) is 0 Å². The molecule has 10 heavy (non-hydrogen) atoms. The lowest BCUT2D eigenvalue weighted by molar-refractivity contribution is 0.996. The lowest BCUT2D eigenvalue weighted by Gasteiger charge is -2.00. The Kier molecular flexibility index (Phi) is 2.44. The highest BCUT2D eigenvalue weighted by Crippen LogP contribution is 2.34. The Labute approximate surface area is 66.4 Å². The molecular weight excluding hydrogens is 142 g/mol. The van der Waals surface area contributed by atoms with Gasteiger partial charge in [0.1, 0.15) is 0 Å². The molecule has 0 aromatic heterocycles. The van der Waals surface area contributed by atoms with Gasteiger partial charge in [0.15, 0.2) is 0 Å². The van der Waals surface area contributed by atoms with Gasteiger partial charge in [-0.25, -0.2) is 0 Å². The number of rotatable bonds is 2. The summed E-state index contributed by atoms with van der Waals surface area (Å²) in [5.74, 6) is 1.09. The van der Waals surface area contributed by atoms with Gasteiger partial charge in [-0.05, 0) is 24.2 Å². The fourth-order valence-electron chi connectivity index (χ4n) is 1.08. The molecule has 0 unspecified atom stereocenters. The van der Waals surface area contributed by atoms with Crippen LogP contribution in [0.2, 0.25) is 0 Å². The second-order valence-electron chi connectivity index (χ2n) is 2.39. The van der Waals surface area contributed by atoms with Crippen molar-refractivity contribution in [2.24, 2.45) is 5.73 Å². The summed E-state index contributed by atoms with van der Waals surface area (Å²) >= 11 is 1.81. The fraction of sp³-hybridized carbons (Fsp3) is 0.500. The number of nitrogens with two attached hydrogens (primary N) is 1. The maximum Gasteiger partial charge on any atom is 0.0286 e. The average molecular weight is 155 g/mol. The fourth-order valence-corrected chi connectivity index (χ4v) is 1.96. The standard InChI is InChI=1S/C8H13NS/c1-3-10-8-6(2)4-5-7(8)9/h2-5,9H2,1H3. The van der Waals surface area contributed by atoms with Gasteiger partial charge in [0, 0.05) is 10.6 Å². The van der Waals surface area contributed by atoms with Crippen molar-refractivity contribution in [2.45, 2.75) is 19.8 Å². The summed E-state index contributed by atoms with van der Waals surface area (Å²) in [6, 6.07) is 0. The molecule has 0 saturated carbocycles. The monoisotopic (exact) mass is 155 g/mol.